The van der Waals surface area contributed by atoms with Gasteiger partial charge in [0.2, 0.25) is 0 Å². The summed E-state index contributed by atoms with van der Waals surface area (Å²) in [6.45, 7) is 6.37. The summed E-state index contributed by atoms with van der Waals surface area (Å²) >= 11 is 0. The van der Waals surface area contributed by atoms with Crippen LogP contribution in [0.4, 0.5) is 0 Å². The van der Waals surface area contributed by atoms with Gasteiger partial charge < -0.3 is 14.2 Å². The zero-order valence-corrected chi connectivity index (χ0v) is 11.6. The van der Waals surface area contributed by atoms with E-state index in [2.05, 4.69) is 11.3 Å². The maximum Gasteiger partial charge on any atom is 0.307 e. The lowest BCUT2D eigenvalue weighted by Gasteiger charge is -2.37. The van der Waals surface area contributed by atoms with Gasteiger partial charge in [-0.1, -0.05) is 12.2 Å². The standard InChI is InChI=1S/C14H22O5/c1-11-6-12(4-5-13(16)18-10-17-3)8-14(2,7-11)19-9-15/h9,12H,1,4-8,10H2,2-3H3. The first kappa shape index (κ1) is 15.7. The Labute approximate surface area is 113 Å². The largest absolute Gasteiger partial charge is 0.461 e. The molecule has 19 heavy (non-hydrogen) atoms. The van der Waals surface area contributed by atoms with Gasteiger partial charge in [-0.3, -0.25) is 9.59 Å². The number of hydrogen-bond acceptors (Lipinski definition) is 5. The molecule has 0 saturated heterocycles. The third-order valence-corrected chi connectivity index (χ3v) is 3.35. The minimum absolute atomic E-state index is 0.0117. The highest BCUT2D eigenvalue weighted by Gasteiger charge is 2.35. The summed E-state index contributed by atoms with van der Waals surface area (Å²) in [5, 5.41) is 0. The molecular formula is C14H22O5. The zero-order chi connectivity index (χ0) is 14.3. The number of ether oxygens (including phenoxy) is 3. The molecule has 0 radical (unpaired) electrons. The van der Waals surface area contributed by atoms with Crippen molar-refractivity contribution in [1.82, 2.24) is 0 Å². The molecular weight excluding hydrogens is 248 g/mol. The fourth-order valence-corrected chi connectivity index (χ4v) is 2.69. The van der Waals surface area contributed by atoms with Crippen molar-refractivity contribution in [3.8, 4) is 0 Å². The van der Waals surface area contributed by atoms with Crippen LogP contribution in [0.1, 0.15) is 39.0 Å². The second kappa shape index (κ2) is 7.28. The Kier molecular flexibility index (Phi) is 6.02. The maximum atomic E-state index is 11.4. The molecule has 0 bridgehead atoms. The molecule has 0 heterocycles. The van der Waals surface area contributed by atoms with Crippen molar-refractivity contribution >= 4 is 12.4 Å². The highest BCUT2D eigenvalue weighted by molar-refractivity contribution is 5.69. The predicted molar refractivity (Wildman–Crippen MR) is 69.2 cm³/mol. The van der Waals surface area contributed by atoms with Crippen LogP contribution in [0.3, 0.4) is 0 Å². The van der Waals surface area contributed by atoms with Gasteiger partial charge in [0, 0.05) is 20.0 Å². The summed E-state index contributed by atoms with van der Waals surface area (Å²) in [5.74, 6) is 0.0253. The van der Waals surface area contributed by atoms with Crippen LogP contribution < -0.4 is 0 Å². The Morgan fingerprint density at radius 3 is 2.95 bits per heavy atom. The normalized spacial score (nSPS) is 26.8. The molecule has 1 saturated carbocycles. The van der Waals surface area contributed by atoms with Gasteiger partial charge in [-0.05, 0) is 32.1 Å². The van der Waals surface area contributed by atoms with Gasteiger partial charge in [0.15, 0.2) is 6.79 Å². The van der Waals surface area contributed by atoms with Gasteiger partial charge in [0.1, 0.15) is 5.60 Å². The molecule has 1 rings (SSSR count). The van der Waals surface area contributed by atoms with Crippen molar-refractivity contribution in [3.05, 3.63) is 12.2 Å². The molecule has 0 spiro atoms. The monoisotopic (exact) mass is 270 g/mol. The van der Waals surface area contributed by atoms with Crippen LogP contribution >= 0.6 is 0 Å². The summed E-state index contributed by atoms with van der Waals surface area (Å²) in [7, 11) is 1.47. The number of rotatable bonds is 7. The van der Waals surface area contributed by atoms with Crippen molar-refractivity contribution in [2.75, 3.05) is 13.9 Å². The number of methoxy groups -OCH3 is 1. The molecule has 1 aliphatic carbocycles. The Morgan fingerprint density at radius 1 is 1.58 bits per heavy atom. The smallest absolute Gasteiger partial charge is 0.307 e. The van der Waals surface area contributed by atoms with Crippen LogP contribution in [0.5, 0.6) is 0 Å². The first-order valence-electron chi connectivity index (χ1n) is 6.42. The van der Waals surface area contributed by atoms with E-state index in [-0.39, 0.29) is 12.8 Å². The molecule has 0 aliphatic heterocycles. The van der Waals surface area contributed by atoms with E-state index in [0.29, 0.717) is 31.7 Å². The van der Waals surface area contributed by atoms with E-state index in [9.17, 15) is 9.59 Å². The third-order valence-electron chi connectivity index (χ3n) is 3.35. The van der Waals surface area contributed by atoms with E-state index in [1.54, 1.807) is 0 Å². The summed E-state index contributed by atoms with van der Waals surface area (Å²) in [5.41, 5.74) is 0.573. The first-order valence-corrected chi connectivity index (χ1v) is 6.42. The molecule has 2 atom stereocenters. The van der Waals surface area contributed by atoms with E-state index < -0.39 is 5.60 Å². The van der Waals surface area contributed by atoms with Crippen molar-refractivity contribution in [2.45, 2.75) is 44.6 Å². The lowest BCUT2D eigenvalue weighted by Crippen LogP contribution is -2.36. The van der Waals surface area contributed by atoms with Crippen molar-refractivity contribution in [3.63, 3.8) is 0 Å². The zero-order valence-electron chi connectivity index (χ0n) is 11.6. The van der Waals surface area contributed by atoms with Gasteiger partial charge in [0.05, 0.1) is 0 Å². The SMILES string of the molecule is C=C1CC(CCC(=O)OCOC)CC(C)(OC=O)C1. The average molecular weight is 270 g/mol. The lowest BCUT2D eigenvalue weighted by molar-refractivity contribution is -0.155. The third kappa shape index (κ3) is 5.42. The number of esters is 1. The van der Waals surface area contributed by atoms with E-state index >= 15 is 0 Å². The molecule has 108 valence electrons. The summed E-state index contributed by atoms with van der Waals surface area (Å²) in [6, 6.07) is 0. The molecule has 1 fully saturated rings. The minimum atomic E-state index is -0.488. The van der Waals surface area contributed by atoms with Gasteiger partial charge in [-0.25, -0.2) is 0 Å². The fourth-order valence-electron chi connectivity index (χ4n) is 2.69. The number of hydrogen-bond donors (Lipinski definition) is 0. The van der Waals surface area contributed by atoms with Crippen LogP contribution in [0.25, 0.3) is 0 Å². The number of carbonyl (C=O) groups excluding carboxylic acids is 2. The Morgan fingerprint density at radius 2 is 2.32 bits per heavy atom. The van der Waals surface area contributed by atoms with Gasteiger partial charge in [-0.15, -0.1) is 0 Å². The quantitative estimate of drug-likeness (QED) is 0.307. The van der Waals surface area contributed by atoms with Gasteiger partial charge in [0.25, 0.3) is 6.47 Å². The number of carbonyl (C=O) groups is 2. The molecule has 5 heteroatoms. The second-order valence-corrected chi connectivity index (χ2v) is 5.33. The molecule has 0 aromatic rings. The van der Waals surface area contributed by atoms with E-state index in [1.165, 1.54) is 7.11 Å². The topological polar surface area (TPSA) is 61.8 Å². The average Bonchev–Trinajstić information content (AvgIpc) is 2.32. The van der Waals surface area contributed by atoms with Crippen molar-refractivity contribution in [1.29, 1.82) is 0 Å². The van der Waals surface area contributed by atoms with Crippen LogP contribution in [0.15, 0.2) is 12.2 Å². The molecule has 0 aromatic carbocycles. The second-order valence-electron chi connectivity index (χ2n) is 5.33. The Hall–Kier alpha value is -1.36. The Balaban J connectivity index is 2.42. The summed E-state index contributed by atoms with van der Waals surface area (Å²) in [4.78, 5) is 21.9. The van der Waals surface area contributed by atoms with Gasteiger partial charge in [-0.2, -0.15) is 0 Å². The molecule has 0 N–H and O–H groups in total. The van der Waals surface area contributed by atoms with Crippen LogP contribution in [0.2, 0.25) is 0 Å². The van der Waals surface area contributed by atoms with Crippen molar-refractivity contribution in [2.24, 2.45) is 5.92 Å². The molecule has 1 aliphatic rings. The minimum Gasteiger partial charge on any atom is -0.461 e. The Bertz CT molecular complexity index is 339. The molecule has 0 aromatic heterocycles. The molecule has 5 nitrogen and oxygen atoms in total. The predicted octanol–water partition coefficient (Wildman–Crippen LogP) is 2.20. The van der Waals surface area contributed by atoms with Gasteiger partial charge >= 0.3 is 5.97 Å². The van der Waals surface area contributed by atoms with Crippen LogP contribution in [-0.4, -0.2) is 31.9 Å². The van der Waals surface area contributed by atoms with Crippen LogP contribution in [-0.2, 0) is 23.8 Å². The van der Waals surface area contributed by atoms with E-state index in [1.807, 2.05) is 6.92 Å². The van der Waals surface area contributed by atoms with Crippen LogP contribution in [0, 0.1) is 5.92 Å². The molecule has 0 amide bonds. The summed E-state index contributed by atoms with van der Waals surface area (Å²) in [6.07, 6.45) is 3.37. The maximum absolute atomic E-state index is 11.4. The highest BCUT2D eigenvalue weighted by Crippen LogP contribution is 2.39. The van der Waals surface area contributed by atoms with E-state index in [4.69, 9.17) is 9.47 Å². The van der Waals surface area contributed by atoms with Crippen molar-refractivity contribution < 1.29 is 23.8 Å². The molecule has 2 unspecified atom stereocenters. The first-order chi connectivity index (χ1) is 8.99. The van der Waals surface area contributed by atoms with E-state index in [0.717, 1.165) is 18.4 Å². The summed E-state index contributed by atoms with van der Waals surface area (Å²) < 4.78 is 14.7. The lowest BCUT2D eigenvalue weighted by atomic mass is 9.75. The highest BCUT2D eigenvalue weighted by atomic mass is 16.7. The fraction of sp³-hybridized carbons (Fsp3) is 0.714.